The van der Waals surface area contributed by atoms with Crippen LogP contribution >= 0.6 is 0 Å². The zero-order valence-corrected chi connectivity index (χ0v) is 10.9. The minimum absolute atomic E-state index is 0.0818. The van der Waals surface area contributed by atoms with Gasteiger partial charge in [-0.3, -0.25) is 4.79 Å². The summed E-state index contributed by atoms with van der Waals surface area (Å²) in [6.07, 6.45) is 3.08. The zero-order chi connectivity index (χ0) is 13.7. The maximum atomic E-state index is 13.4. The fourth-order valence-corrected chi connectivity index (χ4v) is 1.59. The van der Waals surface area contributed by atoms with Crippen molar-refractivity contribution in [3.63, 3.8) is 0 Å². The molecule has 0 aliphatic heterocycles. The van der Waals surface area contributed by atoms with Gasteiger partial charge in [0.15, 0.2) is 11.6 Å². The third-order valence-corrected chi connectivity index (χ3v) is 2.74. The van der Waals surface area contributed by atoms with Gasteiger partial charge < -0.3 is 16.0 Å². The van der Waals surface area contributed by atoms with Crippen molar-refractivity contribution in [1.82, 2.24) is 15.3 Å². The Labute approximate surface area is 111 Å². The van der Waals surface area contributed by atoms with Crippen LogP contribution in [0, 0.1) is 11.7 Å². The highest BCUT2D eigenvalue weighted by atomic mass is 19.1. The average molecular weight is 267 g/mol. The van der Waals surface area contributed by atoms with Crippen molar-refractivity contribution >= 4 is 17.7 Å². The van der Waals surface area contributed by atoms with E-state index in [0.717, 1.165) is 19.0 Å². The van der Waals surface area contributed by atoms with Crippen LogP contribution in [0.25, 0.3) is 0 Å². The van der Waals surface area contributed by atoms with E-state index in [2.05, 4.69) is 25.9 Å². The summed E-state index contributed by atoms with van der Waals surface area (Å²) in [6.45, 7) is 3.46. The molecule has 19 heavy (non-hydrogen) atoms. The number of halogens is 1. The molecule has 1 amide bonds. The van der Waals surface area contributed by atoms with Gasteiger partial charge in [-0.1, -0.05) is 0 Å². The first kappa shape index (κ1) is 13.5. The summed E-state index contributed by atoms with van der Waals surface area (Å²) in [4.78, 5) is 19.2. The van der Waals surface area contributed by atoms with Gasteiger partial charge in [-0.05, 0) is 19.8 Å². The largest absolute Gasteiger partial charge is 0.366 e. The van der Waals surface area contributed by atoms with Crippen LogP contribution < -0.4 is 16.0 Å². The van der Waals surface area contributed by atoms with Gasteiger partial charge in [0.2, 0.25) is 11.9 Å². The third kappa shape index (κ3) is 4.04. The van der Waals surface area contributed by atoms with Gasteiger partial charge in [-0.25, -0.2) is 9.37 Å². The Morgan fingerprint density at radius 1 is 1.42 bits per heavy atom. The van der Waals surface area contributed by atoms with E-state index in [9.17, 15) is 9.18 Å². The number of aromatic nitrogens is 2. The Morgan fingerprint density at radius 2 is 2.21 bits per heavy atom. The van der Waals surface area contributed by atoms with Crippen molar-refractivity contribution in [2.75, 3.05) is 30.3 Å². The first-order valence-corrected chi connectivity index (χ1v) is 6.48. The molecule has 1 aliphatic carbocycles. The van der Waals surface area contributed by atoms with Crippen molar-refractivity contribution < 1.29 is 9.18 Å². The fraction of sp³-hybridized carbons (Fsp3) is 0.583. The first-order valence-electron chi connectivity index (χ1n) is 6.48. The van der Waals surface area contributed by atoms with E-state index < -0.39 is 5.82 Å². The SMILES string of the molecule is CCNc1ncc(F)c(NCCNC(=O)C2CC2)n1. The van der Waals surface area contributed by atoms with Crippen molar-refractivity contribution in [2.24, 2.45) is 5.92 Å². The van der Waals surface area contributed by atoms with E-state index in [1.165, 1.54) is 0 Å². The van der Waals surface area contributed by atoms with Gasteiger partial charge >= 0.3 is 0 Å². The van der Waals surface area contributed by atoms with Crippen LogP contribution in [0.3, 0.4) is 0 Å². The number of nitrogens with one attached hydrogen (secondary N) is 3. The molecule has 7 heteroatoms. The minimum Gasteiger partial charge on any atom is -0.366 e. The van der Waals surface area contributed by atoms with Crippen LogP contribution in [0.15, 0.2) is 6.20 Å². The average Bonchev–Trinajstić information content (AvgIpc) is 3.22. The van der Waals surface area contributed by atoms with Gasteiger partial charge in [0.05, 0.1) is 6.20 Å². The van der Waals surface area contributed by atoms with E-state index in [4.69, 9.17) is 0 Å². The Morgan fingerprint density at radius 3 is 2.89 bits per heavy atom. The lowest BCUT2D eigenvalue weighted by atomic mass is 10.4. The molecule has 1 aliphatic rings. The van der Waals surface area contributed by atoms with Gasteiger partial charge in [-0.2, -0.15) is 4.98 Å². The fourth-order valence-electron chi connectivity index (χ4n) is 1.59. The smallest absolute Gasteiger partial charge is 0.224 e. The van der Waals surface area contributed by atoms with Gasteiger partial charge in [0, 0.05) is 25.6 Å². The van der Waals surface area contributed by atoms with Crippen molar-refractivity contribution in [3.8, 4) is 0 Å². The lowest BCUT2D eigenvalue weighted by Gasteiger charge is -2.09. The molecule has 0 saturated heterocycles. The lowest BCUT2D eigenvalue weighted by molar-refractivity contribution is -0.122. The Kier molecular flexibility index (Phi) is 4.48. The molecule has 1 heterocycles. The number of hydrogen-bond acceptors (Lipinski definition) is 5. The third-order valence-electron chi connectivity index (χ3n) is 2.74. The van der Waals surface area contributed by atoms with Gasteiger partial charge in [-0.15, -0.1) is 0 Å². The summed E-state index contributed by atoms with van der Waals surface area (Å²) in [5.74, 6) is 0.296. The van der Waals surface area contributed by atoms with Crippen LogP contribution in [0.5, 0.6) is 0 Å². The van der Waals surface area contributed by atoms with E-state index in [1.54, 1.807) is 0 Å². The first-order chi connectivity index (χ1) is 9.20. The van der Waals surface area contributed by atoms with Crippen LogP contribution in [0.1, 0.15) is 19.8 Å². The molecule has 0 atom stereocenters. The number of anilines is 2. The molecule has 104 valence electrons. The van der Waals surface area contributed by atoms with Crippen molar-refractivity contribution in [2.45, 2.75) is 19.8 Å². The quantitative estimate of drug-likeness (QED) is 0.642. The summed E-state index contributed by atoms with van der Waals surface area (Å²) in [5.41, 5.74) is 0. The molecule has 1 saturated carbocycles. The van der Waals surface area contributed by atoms with Gasteiger partial charge in [0.1, 0.15) is 0 Å². The summed E-state index contributed by atoms with van der Waals surface area (Å²) in [6, 6.07) is 0. The summed E-state index contributed by atoms with van der Waals surface area (Å²) >= 11 is 0. The highest BCUT2D eigenvalue weighted by Crippen LogP contribution is 2.28. The van der Waals surface area contributed by atoms with Crippen LogP contribution in [-0.2, 0) is 4.79 Å². The summed E-state index contributed by atoms with van der Waals surface area (Å²) < 4.78 is 13.4. The van der Waals surface area contributed by atoms with Crippen LogP contribution in [0.2, 0.25) is 0 Å². The molecule has 0 spiro atoms. The molecule has 2 rings (SSSR count). The number of hydrogen-bond donors (Lipinski definition) is 3. The predicted molar refractivity (Wildman–Crippen MR) is 70.4 cm³/mol. The summed E-state index contributed by atoms with van der Waals surface area (Å²) in [5, 5.41) is 8.55. The second kappa shape index (κ2) is 6.31. The van der Waals surface area contributed by atoms with E-state index in [0.29, 0.717) is 25.6 Å². The zero-order valence-electron chi connectivity index (χ0n) is 10.9. The highest BCUT2D eigenvalue weighted by Gasteiger charge is 2.28. The normalized spacial score (nSPS) is 14.0. The molecular weight excluding hydrogens is 249 g/mol. The molecule has 0 aromatic carbocycles. The molecule has 1 aromatic rings. The standard InChI is InChI=1S/C12H18FN5O/c1-2-14-12-17-7-9(13)10(18-12)15-5-6-16-11(19)8-3-4-8/h7-8H,2-6H2,1H3,(H,16,19)(H2,14,15,17,18). The monoisotopic (exact) mass is 267 g/mol. The molecule has 6 nitrogen and oxygen atoms in total. The molecule has 0 unspecified atom stereocenters. The molecular formula is C12H18FN5O. The Balaban J connectivity index is 1.77. The summed E-state index contributed by atoms with van der Waals surface area (Å²) in [7, 11) is 0. The maximum Gasteiger partial charge on any atom is 0.224 e. The van der Waals surface area contributed by atoms with Crippen LogP contribution in [-0.4, -0.2) is 35.5 Å². The number of carbonyl (C=O) groups is 1. The van der Waals surface area contributed by atoms with E-state index in [-0.39, 0.29) is 17.6 Å². The topological polar surface area (TPSA) is 78.9 Å². The minimum atomic E-state index is -0.504. The molecule has 3 N–H and O–H groups in total. The number of carbonyl (C=O) groups excluding carboxylic acids is 1. The van der Waals surface area contributed by atoms with Gasteiger partial charge in [0.25, 0.3) is 0 Å². The number of nitrogens with zero attached hydrogens (tertiary/aromatic N) is 2. The molecule has 0 bridgehead atoms. The predicted octanol–water partition coefficient (Wildman–Crippen LogP) is 0.986. The lowest BCUT2D eigenvalue weighted by Crippen LogP contribution is -2.30. The van der Waals surface area contributed by atoms with Crippen LogP contribution in [0.4, 0.5) is 16.2 Å². The number of rotatable bonds is 7. The van der Waals surface area contributed by atoms with Crippen molar-refractivity contribution in [1.29, 1.82) is 0 Å². The van der Waals surface area contributed by atoms with Crippen molar-refractivity contribution in [3.05, 3.63) is 12.0 Å². The molecule has 1 aromatic heterocycles. The second-order valence-electron chi connectivity index (χ2n) is 4.41. The molecule has 0 radical (unpaired) electrons. The number of amides is 1. The Hall–Kier alpha value is -1.92. The van der Waals surface area contributed by atoms with E-state index >= 15 is 0 Å². The maximum absolute atomic E-state index is 13.4. The Bertz CT molecular complexity index is 450. The van der Waals surface area contributed by atoms with E-state index in [1.807, 2.05) is 6.92 Å². The molecule has 1 fully saturated rings. The second-order valence-corrected chi connectivity index (χ2v) is 4.41. The highest BCUT2D eigenvalue weighted by molar-refractivity contribution is 5.80.